The largest absolute Gasteiger partial charge is 0.478 e. The highest BCUT2D eigenvalue weighted by Gasteiger charge is 2.21. The quantitative estimate of drug-likeness (QED) is 0.714. The second-order valence-corrected chi connectivity index (χ2v) is 6.71. The average molecular weight is 410 g/mol. The molecule has 0 amide bonds. The van der Waals surface area contributed by atoms with Gasteiger partial charge in [-0.3, -0.25) is 0 Å². The van der Waals surface area contributed by atoms with Crippen LogP contribution in [0.2, 0.25) is 0 Å². The predicted octanol–water partition coefficient (Wildman–Crippen LogP) is 4.49. The third-order valence-corrected chi connectivity index (χ3v) is 4.14. The molecule has 22 heavy (non-hydrogen) atoms. The van der Waals surface area contributed by atoms with E-state index in [0.717, 1.165) is 14.7 Å². The molecular formula is C18H19IO3. The maximum absolute atomic E-state index is 11.5. The number of carbonyl (C=O) groups is 1. The van der Waals surface area contributed by atoms with Crippen molar-refractivity contribution in [2.24, 2.45) is 0 Å². The Bertz CT molecular complexity index is 635. The van der Waals surface area contributed by atoms with Crippen LogP contribution in [0.25, 0.3) is 0 Å². The number of carboxylic acids is 1. The minimum Gasteiger partial charge on any atom is -0.478 e. The number of benzene rings is 2. The summed E-state index contributed by atoms with van der Waals surface area (Å²) in [4.78, 5) is 11.5. The van der Waals surface area contributed by atoms with Gasteiger partial charge >= 0.3 is 5.97 Å². The van der Waals surface area contributed by atoms with Crippen LogP contribution >= 0.6 is 22.6 Å². The van der Waals surface area contributed by atoms with Crippen LogP contribution in [-0.4, -0.2) is 17.2 Å². The molecule has 2 aromatic rings. The van der Waals surface area contributed by atoms with Crippen molar-refractivity contribution in [3.63, 3.8) is 0 Å². The smallest absolute Gasteiger partial charge is 0.345 e. The van der Waals surface area contributed by atoms with Gasteiger partial charge in [0.05, 0.1) is 0 Å². The summed E-state index contributed by atoms with van der Waals surface area (Å²) in [5.74, 6) is -0.0172. The fourth-order valence-corrected chi connectivity index (χ4v) is 2.59. The topological polar surface area (TPSA) is 46.5 Å². The fourth-order valence-electron chi connectivity index (χ4n) is 2.23. The number of ether oxygens (including phenoxy) is 1. The molecular weight excluding hydrogens is 391 g/mol. The zero-order valence-corrected chi connectivity index (χ0v) is 14.8. The van der Waals surface area contributed by atoms with Crippen molar-refractivity contribution >= 4 is 28.6 Å². The molecule has 0 aromatic heterocycles. The van der Waals surface area contributed by atoms with Gasteiger partial charge in [0, 0.05) is 9.99 Å². The average Bonchev–Trinajstić information content (AvgIpc) is 2.49. The van der Waals surface area contributed by atoms with E-state index in [9.17, 15) is 9.90 Å². The fraction of sp³-hybridized carbons (Fsp3) is 0.278. The monoisotopic (exact) mass is 410 g/mol. The first-order chi connectivity index (χ1) is 10.5. The van der Waals surface area contributed by atoms with E-state index in [0.29, 0.717) is 12.2 Å². The molecule has 0 unspecified atom stereocenters. The molecule has 0 aliphatic rings. The Labute approximate surface area is 144 Å². The van der Waals surface area contributed by atoms with Crippen molar-refractivity contribution in [3.05, 3.63) is 63.2 Å². The SMILES string of the molecule is CC(C)c1ccccc1O[C@H](Cc1ccc(I)cc1)C(=O)O. The molecule has 1 atom stereocenters. The van der Waals surface area contributed by atoms with E-state index in [1.807, 2.05) is 48.5 Å². The molecule has 0 saturated carbocycles. The third-order valence-electron chi connectivity index (χ3n) is 3.42. The summed E-state index contributed by atoms with van der Waals surface area (Å²) >= 11 is 2.23. The Morgan fingerprint density at radius 2 is 1.77 bits per heavy atom. The number of carboxylic acid groups (broad SMARTS) is 1. The van der Waals surface area contributed by atoms with E-state index >= 15 is 0 Å². The van der Waals surface area contributed by atoms with Crippen molar-refractivity contribution < 1.29 is 14.6 Å². The Morgan fingerprint density at radius 3 is 2.36 bits per heavy atom. The van der Waals surface area contributed by atoms with Crippen LogP contribution in [-0.2, 0) is 11.2 Å². The van der Waals surface area contributed by atoms with Gasteiger partial charge in [-0.25, -0.2) is 4.79 Å². The predicted molar refractivity (Wildman–Crippen MR) is 95.4 cm³/mol. The van der Waals surface area contributed by atoms with E-state index in [4.69, 9.17) is 4.74 Å². The molecule has 2 aromatic carbocycles. The number of para-hydroxylation sites is 1. The Balaban J connectivity index is 2.19. The van der Waals surface area contributed by atoms with E-state index < -0.39 is 12.1 Å². The second kappa shape index (κ2) is 7.63. The molecule has 1 N–H and O–H groups in total. The summed E-state index contributed by atoms with van der Waals surface area (Å²) in [5.41, 5.74) is 1.98. The summed E-state index contributed by atoms with van der Waals surface area (Å²) in [5, 5.41) is 9.45. The van der Waals surface area contributed by atoms with Gasteiger partial charge in [0.2, 0.25) is 0 Å². The first-order valence-electron chi connectivity index (χ1n) is 7.20. The minimum absolute atomic E-state index is 0.281. The van der Waals surface area contributed by atoms with Crippen molar-refractivity contribution in [3.8, 4) is 5.75 Å². The van der Waals surface area contributed by atoms with Gasteiger partial charge in [-0.15, -0.1) is 0 Å². The zero-order chi connectivity index (χ0) is 16.1. The van der Waals surface area contributed by atoms with Crippen LogP contribution in [0.15, 0.2) is 48.5 Å². The number of hydrogen-bond acceptors (Lipinski definition) is 2. The molecule has 0 radical (unpaired) electrons. The number of aliphatic carboxylic acids is 1. The first-order valence-corrected chi connectivity index (χ1v) is 8.28. The van der Waals surface area contributed by atoms with Gasteiger partial charge in [0.15, 0.2) is 6.10 Å². The summed E-state index contributed by atoms with van der Waals surface area (Å²) in [7, 11) is 0. The van der Waals surface area contributed by atoms with Gasteiger partial charge in [-0.1, -0.05) is 44.2 Å². The Kier molecular flexibility index (Phi) is 5.83. The maximum Gasteiger partial charge on any atom is 0.345 e. The Hall–Kier alpha value is -1.56. The van der Waals surface area contributed by atoms with Crippen LogP contribution in [0.1, 0.15) is 30.9 Å². The van der Waals surface area contributed by atoms with Gasteiger partial charge in [-0.2, -0.15) is 0 Å². The second-order valence-electron chi connectivity index (χ2n) is 5.47. The lowest BCUT2D eigenvalue weighted by molar-refractivity contribution is -0.145. The standard InChI is InChI=1S/C18H19IO3/c1-12(2)15-5-3-4-6-16(15)22-17(18(20)21)11-13-7-9-14(19)10-8-13/h3-10,12,17H,11H2,1-2H3,(H,20,21)/t17-/m1/s1. The first kappa shape index (κ1) is 16.8. The van der Waals surface area contributed by atoms with Crippen molar-refractivity contribution in [2.45, 2.75) is 32.3 Å². The van der Waals surface area contributed by atoms with Crippen LogP contribution in [0.3, 0.4) is 0 Å². The molecule has 0 aliphatic carbocycles. The summed E-state index contributed by atoms with van der Waals surface area (Å²) in [6, 6.07) is 15.4. The lowest BCUT2D eigenvalue weighted by Gasteiger charge is -2.19. The molecule has 3 nitrogen and oxygen atoms in total. The zero-order valence-electron chi connectivity index (χ0n) is 12.6. The number of halogens is 1. The van der Waals surface area contributed by atoms with Crippen molar-refractivity contribution in [2.75, 3.05) is 0 Å². The molecule has 0 aliphatic heterocycles. The summed E-state index contributed by atoms with van der Waals surface area (Å²) in [6.45, 7) is 4.13. The molecule has 0 fully saturated rings. The molecule has 116 valence electrons. The van der Waals surface area contributed by atoms with Gasteiger partial charge in [-0.05, 0) is 57.8 Å². The lowest BCUT2D eigenvalue weighted by Crippen LogP contribution is -2.29. The van der Waals surface area contributed by atoms with Crippen LogP contribution in [0, 0.1) is 3.57 Å². The minimum atomic E-state index is -0.947. The summed E-state index contributed by atoms with van der Waals surface area (Å²) < 4.78 is 6.93. The van der Waals surface area contributed by atoms with Crippen LogP contribution in [0.5, 0.6) is 5.75 Å². The van der Waals surface area contributed by atoms with Crippen molar-refractivity contribution in [1.29, 1.82) is 0 Å². The molecule has 0 heterocycles. The van der Waals surface area contributed by atoms with E-state index in [2.05, 4.69) is 36.4 Å². The molecule has 0 spiro atoms. The summed E-state index contributed by atoms with van der Waals surface area (Å²) in [6.07, 6.45) is -0.543. The molecule has 0 bridgehead atoms. The van der Waals surface area contributed by atoms with Crippen LogP contribution in [0.4, 0.5) is 0 Å². The van der Waals surface area contributed by atoms with Crippen LogP contribution < -0.4 is 4.74 Å². The highest BCUT2D eigenvalue weighted by atomic mass is 127. The molecule has 0 saturated heterocycles. The number of rotatable bonds is 6. The lowest BCUT2D eigenvalue weighted by atomic mass is 10.0. The Morgan fingerprint density at radius 1 is 1.14 bits per heavy atom. The molecule has 4 heteroatoms. The third kappa shape index (κ3) is 4.47. The maximum atomic E-state index is 11.5. The van der Waals surface area contributed by atoms with Gasteiger partial charge < -0.3 is 9.84 Å². The molecule has 2 rings (SSSR count). The van der Waals surface area contributed by atoms with E-state index in [-0.39, 0.29) is 5.92 Å². The van der Waals surface area contributed by atoms with Gasteiger partial charge in [0.25, 0.3) is 0 Å². The van der Waals surface area contributed by atoms with E-state index in [1.165, 1.54) is 0 Å². The highest BCUT2D eigenvalue weighted by molar-refractivity contribution is 14.1. The van der Waals surface area contributed by atoms with Gasteiger partial charge in [0.1, 0.15) is 5.75 Å². The number of hydrogen-bond donors (Lipinski definition) is 1. The normalized spacial score (nSPS) is 12.2. The highest BCUT2D eigenvalue weighted by Crippen LogP contribution is 2.27. The van der Waals surface area contributed by atoms with E-state index in [1.54, 1.807) is 0 Å². The van der Waals surface area contributed by atoms with Crippen molar-refractivity contribution in [1.82, 2.24) is 0 Å².